The van der Waals surface area contributed by atoms with E-state index in [1.54, 1.807) is 17.4 Å². The SMILES string of the molecule is O=C(Nc1nc2c(s1)CCCC2)c1cc(C2CCN(C(=O)C3CCCC3)CC2)no1. The predicted octanol–water partition coefficient (Wildman–Crippen LogP) is 4.16. The Kier molecular flexibility index (Phi) is 5.58. The molecule has 2 fully saturated rings. The first kappa shape index (κ1) is 19.7. The summed E-state index contributed by atoms with van der Waals surface area (Å²) < 4.78 is 5.34. The van der Waals surface area contributed by atoms with Gasteiger partial charge >= 0.3 is 0 Å². The third-order valence-corrected chi connectivity index (χ3v) is 7.82. The van der Waals surface area contributed by atoms with Crippen LogP contribution in [-0.2, 0) is 17.6 Å². The first-order valence-corrected chi connectivity index (χ1v) is 12.0. The summed E-state index contributed by atoms with van der Waals surface area (Å²) in [6, 6.07) is 1.75. The summed E-state index contributed by atoms with van der Waals surface area (Å²) in [5, 5.41) is 7.67. The third-order valence-electron chi connectivity index (χ3n) is 6.75. The second-order valence-corrected chi connectivity index (χ2v) is 9.83. The highest BCUT2D eigenvalue weighted by atomic mass is 32.1. The fourth-order valence-corrected chi connectivity index (χ4v) is 6.02. The summed E-state index contributed by atoms with van der Waals surface area (Å²) >= 11 is 1.56. The van der Waals surface area contributed by atoms with E-state index < -0.39 is 0 Å². The van der Waals surface area contributed by atoms with E-state index in [2.05, 4.69) is 15.5 Å². The summed E-state index contributed by atoms with van der Waals surface area (Å²) in [6.45, 7) is 1.53. The molecule has 0 spiro atoms. The number of likely N-dealkylation sites (tertiary alicyclic amines) is 1. The van der Waals surface area contributed by atoms with Crippen LogP contribution in [-0.4, -0.2) is 39.9 Å². The van der Waals surface area contributed by atoms with Crippen LogP contribution in [0.3, 0.4) is 0 Å². The zero-order valence-electron chi connectivity index (χ0n) is 17.2. The van der Waals surface area contributed by atoms with Gasteiger partial charge in [-0.3, -0.25) is 14.9 Å². The van der Waals surface area contributed by atoms with E-state index in [1.807, 2.05) is 4.90 Å². The second kappa shape index (κ2) is 8.49. The number of carbonyl (C=O) groups is 2. The Morgan fingerprint density at radius 2 is 1.83 bits per heavy atom. The summed E-state index contributed by atoms with van der Waals surface area (Å²) in [5.74, 6) is 0.726. The monoisotopic (exact) mass is 428 g/mol. The number of amides is 2. The highest BCUT2D eigenvalue weighted by Crippen LogP contribution is 2.32. The first-order chi connectivity index (χ1) is 14.7. The van der Waals surface area contributed by atoms with Crippen molar-refractivity contribution in [3.8, 4) is 0 Å². The van der Waals surface area contributed by atoms with Crippen LogP contribution >= 0.6 is 11.3 Å². The molecule has 8 heteroatoms. The number of fused-ring (bicyclic) bond motifs is 1. The molecule has 0 unspecified atom stereocenters. The molecule has 3 aliphatic rings. The van der Waals surface area contributed by atoms with Gasteiger partial charge in [0.1, 0.15) is 0 Å². The maximum atomic E-state index is 12.6. The minimum absolute atomic E-state index is 0.225. The van der Waals surface area contributed by atoms with Crippen LogP contribution in [0.2, 0.25) is 0 Å². The van der Waals surface area contributed by atoms with Crippen LogP contribution < -0.4 is 5.32 Å². The van der Waals surface area contributed by atoms with Gasteiger partial charge in [-0.25, -0.2) is 4.98 Å². The summed E-state index contributed by atoms with van der Waals surface area (Å²) in [7, 11) is 0. The molecule has 7 nitrogen and oxygen atoms in total. The maximum Gasteiger partial charge on any atom is 0.296 e. The van der Waals surface area contributed by atoms with Gasteiger partial charge < -0.3 is 9.42 Å². The molecule has 0 bridgehead atoms. The van der Waals surface area contributed by atoms with E-state index in [1.165, 1.54) is 30.6 Å². The van der Waals surface area contributed by atoms with Crippen molar-refractivity contribution in [2.24, 2.45) is 5.92 Å². The smallest absolute Gasteiger partial charge is 0.296 e. The molecule has 1 saturated heterocycles. The van der Waals surface area contributed by atoms with E-state index >= 15 is 0 Å². The average molecular weight is 429 g/mol. The molecular formula is C22H28N4O3S. The van der Waals surface area contributed by atoms with Gasteiger partial charge in [0.2, 0.25) is 11.7 Å². The average Bonchev–Trinajstić information content (AvgIpc) is 3.53. The Hall–Kier alpha value is -2.22. The van der Waals surface area contributed by atoms with Gasteiger partial charge in [0, 0.05) is 35.9 Å². The maximum absolute atomic E-state index is 12.6. The van der Waals surface area contributed by atoms with Crippen molar-refractivity contribution in [3.63, 3.8) is 0 Å². The Morgan fingerprint density at radius 3 is 2.60 bits per heavy atom. The molecule has 5 rings (SSSR count). The number of hydrogen-bond donors (Lipinski definition) is 1. The molecule has 30 heavy (non-hydrogen) atoms. The zero-order valence-corrected chi connectivity index (χ0v) is 18.0. The lowest BCUT2D eigenvalue weighted by atomic mass is 9.92. The highest BCUT2D eigenvalue weighted by Gasteiger charge is 2.31. The summed E-state index contributed by atoms with van der Waals surface area (Å²) in [6.07, 6.45) is 10.6. The van der Waals surface area contributed by atoms with E-state index in [0.29, 0.717) is 11.0 Å². The highest BCUT2D eigenvalue weighted by molar-refractivity contribution is 7.15. The molecule has 0 radical (unpaired) electrons. The van der Waals surface area contributed by atoms with Gasteiger partial charge in [-0.15, -0.1) is 11.3 Å². The molecule has 2 aliphatic carbocycles. The van der Waals surface area contributed by atoms with Crippen LogP contribution in [0.25, 0.3) is 0 Å². The van der Waals surface area contributed by atoms with E-state index in [4.69, 9.17) is 4.52 Å². The van der Waals surface area contributed by atoms with Crippen LogP contribution in [0, 0.1) is 5.92 Å². The number of rotatable bonds is 4. The van der Waals surface area contributed by atoms with E-state index in [9.17, 15) is 9.59 Å². The number of nitrogens with one attached hydrogen (secondary N) is 1. The fraction of sp³-hybridized carbons (Fsp3) is 0.636. The third kappa shape index (κ3) is 4.02. The lowest BCUT2D eigenvalue weighted by Gasteiger charge is -2.32. The van der Waals surface area contributed by atoms with Crippen LogP contribution in [0.15, 0.2) is 10.6 Å². The quantitative estimate of drug-likeness (QED) is 0.790. The Morgan fingerprint density at radius 1 is 1.07 bits per heavy atom. The molecule has 0 aromatic carbocycles. The van der Waals surface area contributed by atoms with Gasteiger partial charge in [-0.1, -0.05) is 18.0 Å². The van der Waals surface area contributed by atoms with Crippen molar-refractivity contribution in [1.29, 1.82) is 0 Å². The number of piperidine rings is 1. The van der Waals surface area contributed by atoms with Gasteiger partial charge in [0.15, 0.2) is 5.13 Å². The molecule has 2 aromatic heterocycles. The number of aromatic nitrogens is 2. The van der Waals surface area contributed by atoms with Gasteiger partial charge in [0.05, 0.1) is 11.4 Å². The fourth-order valence-electron chi connectivity index (χ4n) is 4.98. The molecule has 0 atom stereocenters. The van der Waals surface area contributed by atoms with Gasteiger partial charge in [-0.05, 0) is 51.4 Å². The topological polar surface area (TPSA) is 88.3 Å². The van der Waals surface area contributed by atoms with Crippen LogP contribution in [0.1, 0.15) is 84.1 Å². The minimum atomic E-state index is -0.298. The Balaban J connectivity index is 1.17. The molecule has 1 aliphatic heterocycles. The van der Waals surface area contributed by atoms with Crippen molar-refractivity contribution in [2.75, 3.05) is 18.4 Å². The van der Waals surface area contributed by atoms with E-state index in [-0.39, 0.29) is 23.5 Å². The lowest BCUT2D eigenvalue weighted by molar-refractivity contribution is -0.136. The Bertz CT molecular complexity index is 899. The number of aryl methyl sites for hydroxylation is 2. The molecule has 160 valence electrons. The van der Waals surface area contributed by atoms with Gasteiger partial charge in [-0.2, -0.15) is 0 Å². The number of hydrogen-bond acceptors (Lipinski definition) is 6. The van der Waals surface area contributed by atoms with Crippen LogP contribution in [0.4, 0.5) is 5.13 Å². The molecule has 1 N–H and O–H groups in total. The van der Waals surface area contributed by atoms with Crippen molar-refractivity contribution in [3.05, 3.63) is 28.1 Å². The zero-order chi connectivity index (χ0) is 20.5. The van der Waals surface area contributed by atoms with E-state index in [0.717, 1.165) is 63.0 Å². The normalized spacial score (nSPS) is 20.3. The molecule has 3 heterocycles. The molecule has 2 aromatic rings. The van der Waals surface area contributed by atoms with Crippen molar-refractivity contribution < 1.29 is 14.1 Å². The lowest BCUT2D eigenvalue weighted by Crippen LogP contribution is -2.40. The molecule has 2 amide bonds. The van der Waals surface area contributed by atoms with Crippen molar-refractivity contribution >= 4 is 28.3 Å². The standard InChI is InChI=1S/C22H28N4O3S/c27-20(24-22-23-16-7-3-4-8-19(16)30-22)18-13-17(25-29-18)14-9-11-26(12-10-14)21(28)15-5-1-2-6-15/h13-15H,1-12H2,(H,23,24,27). The number of nitrogens with zero attached hydrogens (tertiary/aromatic N) is 3. The summed E-state index contributed by atoms with van der Waals surface area (Å²) in [4.78, 5) is 33.1. The minimum Gasteiger partial charge on any atom is -0.351 e. The van der Waals surface area contributed by atoms with Crippen molar-refractivity contribution in [1.82, 2.24) is 15.0 Å². The Labute approximate surface area is 180 Å². The largest absolute Gasteiger partial charge is 0.351 e. The second-order valence-electron chi connectivity index (χ2n) is 8.75. The first-order valence-electron chi connectivity index (χ1n) is 11.2. The predicted molar refractivity (Wildman–Crippen MR) is 114 cm³/mol. The number of anilines is 1. The number of carbonyl (C=O) groups excluding carboxylic acids is 2. The van der Waals surface area contributed by atoms with Gasteiger partial charge in [0.25, 0.3) is 5.91 Å². The summed E-state index contributed by atoms with van der Waals surface area (Å²) in [5.41, 5.74) is 1.94. The van der Waals surface area contributed by atoms with Crippen LogP contribution in [0.5, 0.6) is 0 Å². The molecule has 1 saturated carbocycles. The molecular weight excluding hydrogens is 400 g/mol. The van der Waals surface area contributed by atoms with Crippen molar-refractivity contribution in [2.45, 2.75) is 70.1 Å². The number of thiazole rings is 1.